The minimum absolute atomic E-state index is 0. The van der Waals surface area contributed by atoms with Crippen molar-refractivity contribution in [3.05, 3.63) is 0 Å². The van der Waals surface area contributed by atoms with Gasteiger partial charge in [0.15, 0.2) is 0 Å². The van der Waals surface area contributed by atoms with Crippen LogP contribution < -0.4 is 34.7 Å². The summed E-state index contributed by atoms with van der Waals surface area (Å²) in [6, 6.07) is 0. The zero-order valence-corrected chi connectivity index (χ0v) is 8.81. The molecule has 0 bridgehead atoms. The first-order chi connectivity index (χ1) is 4.43. The van der Waals surface area contributed by atoms with E-state index in [0.717, 1.165) is 19.6 Å². The molecule has 1 heterocycles. The Morgan fingerprint density at radius 3 is 2.20 bits per heavy atom. The van der Waals surface area contributed by atoms with Crippen LogP contribution >= 0.6 is 0 Å². The quantitative estimate of drug-likeness (QED) is 0.389. The molecule has 0 aliphatic carbocycles. The fourth-order valence-electron chi connectivity index (χ4n) is 1.31. The molecule has 0 amide bonds. The van der Waals surface area contributed by atoms with Gasteiger partial charge in [0, 0.05) is 0 Å². The first-order valence-corrected chi connectivity index (χ1v) is 3.74. The van der Waals surface area contributed by atoms with Crippen LogP contribution in [0.25, 0.3) is 0 Å². The van der Waals surface area contributed by atoms with E-state index in [1.54, 1.807) is 0 Å². The Balaban J connectivity index is 0.000000810. The van der Waals surface area contributed by atoms with E-state index in [-0.39, 0.29) is 36.2 Å². The van der Waals surface area contributed by atoms with Gasteiger partial charge in [0.05, 0.1) is 0 Å². The monoisotopic (exact) mass is 151 g/mol. The van der Waals surface area contributed by atoms with Crippen molar-refractivity contribution < 1.29 is 34.7 Å². The van der Waals surface area contributed by atoms with Gasteiger partial charge < -0.3 is 10.0 Å². The molecular weight excluding hydrogens is 137 g/mol. The van der Waals surface area contributed by atoms with Gasteiger partial charge in [-0.25, -0.2) is 0 Å². The van der Waals surface area contributed by atoms with Crippen molar-refractivity contribution in [1.82, 2.24) is 4.90 Å². The van der Waals surface area contributed by atoms with E-state index < -0.39 is 0 Å². The molecule has 0 saturated carbocycles. The maximum Gasteiger partial charge on any atom is 1.00 e. The molecule has 1 aliphatic heterocycles. The molecule has 0 aromatic rings. The van der Waals surface area contributed by atoms with Crippen LogP contribution in [0, 0.1) is 0 Å². The molecule has 54 valence electrons. The van der Waals surface area contributed by atoms with Crippen molar-refractivity contribution in [3.63, 3.8) is 0 Å². The van der Waals surface area contributed by atoms with Crippen LogP contribution in [0.15, 0.2) is 0 Å². The van der Waals surface area contributed by atoms with Crippen LogP contribution in [0.1, 0.15) is 19.3 Å². The van der Waals surface area contributed by atoms with Crippen LogP contribution in [-0.4, -0.2) is 31.1 Å². The molecule has 0 radical (unpaired) electrons. The first-order valence-electron chi connectivity index (χ1n) is 3.74. The van der Waals surface area contributed by atoms with E-state index >= 15 is 0 Å². The molecule has 10 heavy (non-hydrogen) atoms. The van der Waals surface area contributed by atoms with Crippen LogP contribution in [-0.2, 0) is 0 Å². The molecule has 0 aromatic heterocycles. The van der Waals surface area contributed by atoms with Crippen molar-refractivity contribution in [3.8, 4) is 0 Å². The van der Waals surface area contributed by atoms with E-state index in [4.69, 9.17) is 0 Å². The number of hydrogen-bond donors (Lipinski definition) is 0. The van der Waals surface area contributed by atoms with Crippen molar-refractivity contribution in [1.29, 1.82) is 0 Å². The fourth-order valence-corrected chi connectivity index (χ4v) is 1.31. The third-order valence-corrected chi connectivity index (χ3v) is 1.86. The molecule has 0 N–H and O–H groups in total. The van der Waals surface area contributed by atoms with Crippen molar-refractivity contribution >= 4 is 0 Å². The van der Waals surface area contributed by atoms with Gasteiger partial charge in [0.25, 0.3) is 0 Å². The second-order valence-electron chi connectivity index (χ2n) is 2.61. The number of hydrogen-bond acceptors (Lipinski definition) is 2. The number of piperidine rings is 1. The average molecular weight is 151 g/mol. The first kappa shape index (κ1) is 10.9. The minimum Gasteiger partial charge on any atom is -0.854 e. The summed E-state index contributed by atoms with van der Waals surface area (Å²) in [7, 11) is 0. The van der Waals surface area contributed by atoms with Gasteiger partial charge in [-0.05, 0) is 32.5 Å². The van der Waals surface area contributed by atoms with Gasteiger partial charge in [-0.1, -0.05) is 6.42 Å². The molecule has 1 saturated heterocycles. The predicted molar refractivity (Wildman–Crippen MR) is 35.2 cm³/mol. The third-order valence-electron chi connectivity index (χ3n) is 1.86. The normalized spacial score (nSPS) is 20.1. The Kier molecular flexibility index (Phi) is 7.23. The Morgan fingerprint density at radius 2 is 1.70 bits per heavy atom. The molecular formula is C7H14NNaO. The summed E-state index contributed by atoms with van der Waals surface area (Å²) in [6.45, 7) is 3.14. The van der Waals surface area contributed by atoms with E-state index in [9.17, 15) is 5.11 Å². The van der Waals surface area contributed by atoms with E-state index in [1.165, 1.54) is 19.3 Å². The van der Waals surface area contributed by atoms with Gasteiger partial charge in [0.2, 0.25) is 0 Å². The molecule has 2 nitrogen and oxygen atoms in total. The Morgan fingerprint density at radius 1 is 1.10 bits per heavy atom. The van der Waals surface area contributed by atoms with Crippen LogP contribution in [0.5, 0.6) is 0 Å². The van der Waals surface area contributed by atoms with Gasteiger partial charge in [0.1, 0.15) is 0 Å². The molecule has 0 unspecified atom stereocenters. The van der Waals surface area contributed by atoms with E-state index in [0.29, 0.717) is 0 Å². The van der Waals surface area contributed by atoms with Crippen LogP contribution in [0.3, 0.4) is 0 Å². The molecule has 3 heteroatoms. The summed E-state index contributed by atoms with van der Waals surface area (Å²) in [5.41, 5.74) is 0. The van der Waals surface area contributed by atoms with Crippen LogP contribution in [0.2, 0.25) is 0 Å². The summed E-state index contributed by atoms with van der Waals surface area (Å²) < 4.78 is 0. The van der Waals surface area contributed by atoms with Gasteiger partial charge in [-0.15, -0.1) is 6.61 Å². The van der Waals surface area contributed by atoms with Gasteiger partial charge >= 0.3 is 29.6 Å². The Bertz CT molecular complexity index is 71.3. The molecule has 1 aliphatic rings. The molecule has 0 spiro atoms. The topological polar surface area (TPSA) is 26.3 Å². The van der Waals surface area contributed by atoms with Gasteiger partial charge in [-0.3, -0.25) is 0 Å². The van der Waals surface area contributed by atoms with Crippen molar-refractivity contribution in [2.75, 3.05) is 26.2 Å². The van der Waals surface area contributed by atoms with Crippen molar-refractivity contribution in [2.45, 2.75) is 19.3 Å². The van der Waals surface area contributed by atoms with E-state index in [1.807, 2.05) is 0 Å². The standard InChI is InChI=1S/C7H14NO.Na/c9-7-6-8-4-2-1-3-5-8;/h1-7H2;/q-1;+1. The summed E-state index contributed by atoms with van der Waals surface area (Å²) in [6.07, 6.45) is 3.94. The molecule has 1 fully saturated rings. The summed E-state index contributed by atoms with van der Waals surface area (Å²) >= 11 is 0. The SMILES string of the molecule is [Na+].[O-]CCN1CCCCC1. The minimum atomic E-state index is 0. The summed E-state index contributed by atoms with van der Waals surface area (Å²) in [4.78, 5) is 2.26. The maximum atomic E-state index is 10.2. The Labute approximate surface area is 84.9 Å². The molecule has 1 rings (SSSR count). The predicted octanol–water partition coefficient (Wildman–Crippen LogP) is -3.16. The molecule has 0 aromatic carbocycles. The summed E-state index contributed by atoms with van der Waals surface area (Å²) in [5, 5.41) is 10.2. The third kappa shape index (κ3) is 3.94. The number of rotatable bonds is 2. The second-order valence-corrected chi connectivity index (χ2v) is 2.61. The molecule has 0 atom stereocenters. The largest absolute Gasteiger partial charge is 1.00 e. The Hall–Kier alpha value is 0.920. The fraction of sp³-hybridized carbons (Fsp3) is 1.00. The van der Waals surface area contributed by atoms with Crippen molar-refractivity contribution in [2.24, 2.45) is 0 Å². The number of nitrogens with zero attached hydrogens (tertiary/aromatic N) is 1. The maximum absolute atomic E-state index is 10.2. The smallest absolute Gasteiger partial charge is 0.854 e. The average Bonchev–Trinajstić information content (AvgIpc) is 1.91. The zero-order valence-electron chi connectivity index (χ0n) is 6.81. The van der Waals surface area contributed by atoms with Gasteiger partial charge in [-0.2, -0.15) is 0 Å². The number of likely N-dealkylation sites (tertiary alicyclic amines) is 1. The summed E-state index contributed by atoms with van der Waals surface area (Å²) in [5.74, 6) is 0. The van der Waals surface area contributed by atoms with Crippen LogP contribution in [0.4, 0.5) is 0 Å². The van der Waals surface area contributed by atoms with E-state index in [2.05, 4.69) is 4.90 Å². The zero-order chi connectivity index (χ0) is 6.53. The second kappa shape index (κ2) is 6.62.